The lowest BCUT2D eigenvalue weighted by molar-refractivity contribution is 1.18. The van der Waals surface area contributed by atoms with Gasteiger partial charge in [0, 0.05) is 72.8 Å². The topological polar surface area (TPSA) is 63.4 Å². The summed E-state index contributed by atoms with van der Waals surface area (Å²) in [5, 5.41) is 2.23. The highest BCUT2D eigenvalue weighted by Gasteiger charge is 2.26. The minimum absolute atomic E-state index is 0.719. The molecular formula is C66H49N5. The summed E-state index contributed by atoms with van der Waals surface area (Å²) in [6, 6.07) is 96.4. The van der Waals surface area contributed by atoms with Gasteiger partial charge in [-0.2, -0.15) is 0 Å². The first-order valence-electron chi connectivity index (χ1n) is 24.0. The third kappa shape index (κ3) is 7.82. The summed E-state index contributed by atoms with van der Waals surface area (Å²) in [6.45, 7) is 0. The van der Waals surface area contributed by atoms with Crippen molar-refractivity contribution >= 4 is 67.3 Å². The van der Waals surface area contributed by atoms with Gasteiger partial charge in [0.15, 0.2) is 0 Å². The summed E-state index contributed by atoms with van der Waals surface area (Å²) >= 11 is 0. The fourth-order valence-corrected chi connectivity index (χ4v) is 10.4. The van der Waals surface area contributed by atoms with Crippen LogP contribution in [0.25, 0.3) is 72.0 Å². The molecular weight excluding hydrogens is 863 g/mol. The van der Waals surface area contributed by atoms with Crippen molar-refractivity contribution in [2.24, 2.45) is 0 Å². The molecule has 1 aromatic heterocycles. The summed E-state index contributed by atoms with van der Waals surface area (Å²) in [5.74, 6) is 0. The van der Waals surface area contributed by atoms with Gasteiger partial charge in [-0.05, 0) is 119 Å². The maximum atomic E-state index is 7.01. The lowest BCUT2D eigenvalue weighted by Crippen LogP contribution is -2.12. The number of para-hydroxylation sites is 3. The molecule has 0 aliphatic carbocycles. The minimum atomic E-state index is 0.719. The maximum Gasteiger partial charge on any atom is 0.0547 e. The van der Waals surface area contributed by atoms with Gasteiger partial charge < -0.3 is 25.8 Å². The Morgan fingerprint density at radius 2 is 0.577 bits per heavy atom. The Morgan fingerprint density at radius 1 is 0.268 bits per heavy atom. The minimum Gasteiger partial charge on any atom is -0.398 e. The fraction of sp³-hybridized carbons (Fsp3) is 0. The molecule has 0 unspecified atom stereocenters. The summed E-state index contributed by atoms with van der Waals surface area (Å²) in [5.41, 5.74) is 33.2. The summed E-state index contributed by atoms with van der Waals surface area (Å²) in [6.07, 6.45) is 0. The molecule has 338 valence electrons. The quantitative estimate of drug-likeness (QED) is 0.127. The van der Waals surface area contributed by atoms with Gasteiger partial charge in [0.2, 0.25) is 0 Å². The van der Waals surface area contributed by atoms with E-state index in [9.17, 15) is 0 Å². The van der Waals surface area contributed by atoms with E-state index in [0.29, 0.717) is 0 Å². The number of hydrogen-bond acceptors (Lipinski definition) is 4. The predicted molar refractivity (Wildman–Crippen MR) is 301 cm³/mol. The lowest BCUT2D eigenvalue weighted by atomic mass is 9.90. The number of aromatic nitrogens is 1. The van der Waals surface area contributed by atoms with Crippen LogP contribution in [0.5, 0.6) is 0 Å². The highest BCUT2D eigenvalue weighted by Crippen LogP contribution is 2.51. The lowest BCUT2D eigenvalue weighted by Gasteiger charge is -2.30. The highest BCUT2D eigenvalue weighted by atomic mass is 15.2. The molecule has 0 radical (unpaired) electrons. The van der Waals surface area contributed by atoms with Gasteiger partial charge >= 0.3 is 0 Å². The Bertz CT molecular complexity index is 3570. The van der Waals surface area contributed by atoms with E-state index in [4.69, 9.17) is 11.5 Å². The van der Waals surface area contributed by atoms with Crippen molar-refractivity contribution in [1.82, 2.24) is 4.57 Å². The maximum absolute atomic E-state index is 7.01. The molecule has 5 nitrogen and oxygen atoms in total. The number of anilines is 8. The largest absolute Gasteiger partial charge is 0.398 e. The number of benzene rings is 11. The SMILES string of the molecule is Nc1ccc(N(c2ccccc2)c2ccc3c(c2)c2cc(N(c4ccccc4)c4ccc(N)c(-c5ccccc5)c4-c4ccccc4)ccc2n3-c2ccccc2)c(-c2ccccc2)c1-c1ccccc1. The zero-order valence-corrected chi connectivity index (χ0v) is 39.0. The fourth-order valence-electron chi connectivity index (χ4n) is 10.4. The summed E-state index contributed by atoms with van der Waals surface area (Å²) in [7, 11) is 0. The van der Waals surface area contributed by atoms with Gasteiger partial charge in [-0.15, -0.1) is 0 Å². The third-order valence-electron chi connectivity index (χ3n) is 13.5. The van der Waals surface area contributed by atoms with Crippen molar-refractivity contribution in [3.63, 3.8) is 0 Å². The molecule has 11 aromatic carbocycles. The first-order chi connectivity index (χ1) is 35.1. The van der Waals surface area contributed by atoms with Crippen LogP contribution in [0.2, 0.25) is 0 Å². The third-order valence-corrected chi connectivity index (χ3v) is 13.5. The molecule has 0 bridgehead atoms. The van der Waals surface area contributed by atoms with Gasteiger partial charge in [-0.3, -0.25) is 0 Å². The van der Waals surface area contributed by atoms with Gasteiger partial charge in [-0.25, -0.2) is 0 Å². The Morgan fingerprint density at radius 3 is 0.930 bits per heavy atom. The smallest absolute Gasteiger partial charge is 0.0547 e. The average Bonchev–Trinajstić information content (AvgIpc) is 3.76. The van der Waals surface area contributed by atoms with Gasteiger partial charge in [0.25, 0.3) is 0 Å². The summed E-state index contributed by atoms with van der Waals surface area (Å²) < 4.78 is 2.39. The van der Waals surface area contributed by atoms with E-state index in [0.717, 1.165) is 117 Å². The second kappa shape index (κ2) is 18.5. The molecule has 12 aromatic rings. The zero-order valence-electron chi connectivity index (χ0n) is 39.0. The first kappa shape index (κ1) is 42.8. The second-order valence-electron chi connectivity index (χ2n) is 17.7. The molecule has 5 heteroatoms. The Balaban J connectivity index is 1.13. The predicted octanol–water partition coefficient (Wildman–Crippen LogP) is 17.6. The molecule has 71 heavy (non-hydrogen) atoms. The molecule has 0 aliphatic rings. The standard InChI is InChI=1S/C66H49N5/c67-57-38-42-61(65(48-26-12-3-13-27-48)63(57)46-22-8-1-9-23-46)69(50-30-16-5-17-31-50)53-36-40-59-55(44-53)56-45-54(37-41-60(56)71(59)52-34-20-7-21-35-52)70(51-32-18-6-19-33-51)62-43-39-58(68)64(47-24-10-2-11-25-47)66(62)49-28-14-4-15-29-49/h1-45H,67-68H2. The first-order valence-corrected chi connectivity index (χ1v) is 24.0. The second-order valence-corrected chi connectivity index (χ2v) is 17.7. The Labute approximate surface area is 414 Å². The van der Waals surface area contributed by atoms with E-state index in [1.807, 2.05) is 12.1 Å². The van der Waals surface area contributed by atoms with Crippen molar-refractivity contribution in [2.45, 2.75) is 0 Å². The van der Waals surface area contributed by atoms with Crippen LogP contribution in [-0.4, -0.2) is 4.57 Å². The molecule has 1 heterocycles. The van der Waals surface area contributed by atoms with E-state index in [-0.39, 0.29) is 0 Å². The van der Waals surface area contributed by atoms with Gasteiger partial charge in [0.05, 0.1) is 22.4 Å². The van der Waals surface area contributed by atoms with Gasteiger partial charge in [-0.1, -0.05) is 176 Å². The van der Waals surface area contributed by atoms with Crippen molar-refractivity contribution in [2.75, 3.05) is 21.3 Å². The number of nitrogen functional groups attached to an aromatic ring is 2. The van der Waals surface area contributed by atoms with Crippen LogP contribution < -0.4 is 21.3 Å². The van der Waals surface area contributed by atoms with Crippen LogP contribution in [-0.2, 0) is 0 Å². The monoisotopic (exact) mass is 911 g/mol. The average molecular weight is 912 g/mol. The van der Waals surface area contributed by atoms with E-state index >= 15 is 0 Å². The number of fused-ring (bicyclic) bond motifs is 3. The molecule has 0 saturated carbocycles. The molecule has 0 amide bonds. The summed E-state index contributed by atoms with van der Waals surface area (Å²) in [4.78, 5) is 4.76. The van der Waals surface area contributed by atoms with E-state index in [1.54, 1.807) is 0 Å². The molecule has 0 saturated heterocycles. The molecule has 0 aliphatic heterocycles. The molecule has 0 spiro atoms. The molecule has 12 rings (SSSR count). The van der Waals surface area contributed by atoms with Crippen molar-refractivity contribution in [3.8, 4) is 50.2 Å². The number of hydrogen-bond donors (Lipinski definition) is 2. The number of rotatable bonds is 11. The van der Waals surface area contributed by atoms with Crippen LogP contribution in [0, 0.1) is 0 Å². The van der Waals surface area contributed by atoms with Crippen LogP contribution in [0.3, 0.4) is 0 Å². The molecule has 0 atom stereocenters. The van der Waals surface area contributed by atoms with Crippen LogP contribution in [0.4, 0.5) is 45.5 Å². The van der Waals surface area contributed by atoms with E-state index in [1.165, 1.54) is 0 Å². The van der Waals surface area contributed by atoms with Gasteiger partial charge in [0.1, 0.15) is 0 Å². The van der Waals surface area contributed by atoms with E-state index < -0.39 is 0 Å². The normalized spacial score (nSPS) is 11.2. The van der Waals surface area contributed by atoms with Crippen LogP contribution in [0.1, 0.15) is 0 Å². The number of nitrogens with two attached hydrogens (primary N) is 2. The Hall–Kier alpha value is -9.58. The Kier molecular flexibility index (Phi) is 11.1. The molecule has 4 N–H and O–H groups in total. The van der Waals surface area contributed by atoms with E-state index in [2.05, 4.69) is 275 Å². The van der Waals surface area contributed by atoms with Crippen molar-refractivity contribution in [3.05, 3.63) is 273 Å². The van der Waals surface area contributed by atoms with Crippen molar-refractivity contribution < 1.29 is 0 Å². The van der Waals surface area contributed by atoms with Crippen molar-refractivity contribution in [1.29, 1.82) is 0 Å². The number of nitrogens with zero attached hydrogens (tertiary/aromatic N) is 3. The van der Waals surface area contributed by atoms with Crippen LogP contribution >= 0.6 is 0 Å². The van der Waals surface area contributed by atoms with Crippen LogP contribution in [0.15, 0.2) is 273 Å². The molecule has 0 fully saturated rings. The highest BCUT2D eigenvalue weighted by molar-refractivity contribution is 6.13. The zero-order chi connectivity index (χ0) is 47.7.